The van der Waals surface area contributed by atoms with Gasteiger partial charge in [-0.2, -0.15) is 0 Å². The zero-order valence-corrected chi connectivity index (χ0v) is 20.2. The number of aryl methyl sites for hydroxylation is 2. The molecule has 1 atom stereocenters. The Bertz CT molecular complexity index is 782. The lowest BCUT2D eigenvalue weighted by Crippen LogP contribution is -2.51. The van der Waals surface area contributed by atoms with Crippen molar-refractivity contribution in [2.75, 3.05) is 31.1 Å². The zero-order chi connectivity index (χ0) is 20.5. The molecule has 1 aliphatic rings. The van der Waals surface area contributed by atoms with E-state index in [-0.39, 0.29) is 35.8 Å². The summed E-state index contributed by atoms with van der Waals surface area (Å²) in [7, 11) is 0. The number of aromatic nitrogens is 3. The molecule has 1 aromatic carbocycles. The lowest BCUT2D eigenvalue weighted by atomic mass is 10.0. The van der Waals surface area contributed by atoms with E-state index in [0.717, 1.165) is 69.9 Å². The molecule has 0 aliphatic carbocycles. The van der Waals surface area contributed by atoms with Gasteiger partial charge in [0, 0.05) is 38.8 Å². The topological polar surface area (TPSA) is 70.4 Å². The lowest BCUT2D eigenvalue weighted by molar-refractivity contribution is 0.462. The number of guanidine groups is 1. The number of nitrogens with one attached hydrogen (secondary N) is 2. The molecule has 0 radical (unpaired) electrons. The van der Waals surface area contributed by atoms with Crippen LogP contribution in [-0.4, -0.2) is 52.9 Å². The van der Waals surface area contributed by atoms with Crippen LogP contribution in [0.15, 0.2) is 35.8 Å². The summed E-state index contributed by atoms with van der Waals surface area (Å²) in [6.45, 7) is 8.22. The first-order chi connectivity index (χ1) is 14.2. The zero-order valence-electron chi connectivity index (χ0n) is 17.9. The summed E-state index contributed by atoms with van der Waals surface area (Å²) in [5, 5.41) is 14.5. The van der Waals surface area contributed by atoms with Gasteiger partial charge in [0.15, 0.2) is 5.96 Å². The molecular weight excluding hydrogens is 496 g/mol. The minimum atomic E-state index is -0.148. The third-order valence-corrected chi connectivity index (χ3v) is 5.11. The third-order valence-electron chi connectivity index (χ3n) is 5.11. The number of piperidine rings is 1. The van der Waals surface area contributed by atoms with Crippen molar-refractivity contribution < 1.29 is 4.39 Å². The van der Waals surface area contributed by atoms with E-state index in [4.69, 9.17) is 4.99 Å². The fourth-order valence-corrected chi connectivity index (χ4v) is 3.63. The molecule has 7 nitrogen and oxygen atoms in total. The van der Waals surface area contributed by atoms with Crippen molar-refractivity contribution in [3.63, 3.8) is 0 Å². The molecule has 1 aromatic heterocycles. The van der Waals surface area contributed by atoms with Gasteiger partial charge in [-0.25, -0.2) is 4.39 Å². The van der Waals surface area contributed by atoms with Gasteiger partial charge in [-0.1, -0.05) is 6.07 Å². The van der Waals surface area contributed by atoms with E-state index in [0.29, 0.717) is 5.69 Å². The number of hydrogen-bond acceptors (Lipinski definition) is 4. The summed E-state index contributed by atoms with van der Waals surface area (Å²) in [5.41, 5.74) is 1.78. The highest BCUT2D eigenvalue weighted by atomic mass is 127. The maximum atomic E-state index is 14.3. The van der Waals surface area contributed by atoms with Gasteiger partial charge in [0.2, 0.25) is 0 Å². The first-order valence-corrected chi connectivity index (χ1v) is 10.5. The van der Waals surface area contributed by atoms with Crippen LogP contribution in [0.3, 0.4) is 0 Å². The van der Waals surface area contributed by atoms with E-state index >= 15 is 0 Å². The average Bonchev–Trinajstić information content (AvgIpc) is 3.23. The van der Waals surface area contributed by atoms with E-state index in [1.165, 1.54) is 0 Å². The molecule has 9 heteroatoms. The number of aliphatic imine (C=N–C) groups is 1. The fourth-order valence-electron chi connectivity index (χ4n) is 3.63. The number of anilines is 1. The molecule has 0 bridgehead atoms. The van der Waals surface area contributed by atoms with Crippen molar-refractivity contribution in [1.29, 1.82) is 0 Å². The van der Waals surface area contributed by atoms with Crippen LogP contribution in [0.1, 0.15) is 38.2 Å². The molecule has 1 aliphatic heterocycles. The van der Waals surface area contributed by atoms with Crippen LogP contribution in [0.5, 0.6) is 0 Å². The van der Waals surface area contributed by atoms with Crippen LogP contribution >= 0.6 is 24.0 Å². The first kappa shape index (κ1) is 24.4. The first-order valence-electron chi connectivity index (χ1n) is 10.5. The van der Waals surface area contributed by atoms with E-state index in [1.54, 1.807) is 18.7 Å². The number of rotatable bonds is 8. The SMILES string of the molecule is CCNC(=NCCCCn1cnnc1)NC1CCCN(c2cc(C)ccc2F)C1.I. The van der Waals surface area contributed by atoms with E-state index in [1.807, 2.05) is 23.6 Å². The van der Waals surface area contributed by atoms with E-state index in [2.05, 4.69) is 32.7 Å². The largest absolute Gasteiger partial charge is 0.367 e. The molecule has 1 saturated heterocycles. The van der Waals surface area contributed by atoms with Crippen LogP contribution in [0.2, 0.25) is 0 Å². The highest BCUT2D eigenvalue weighted by Crippen LogP contribution is 2.24. The summed E-state index contributed by atoms with van der Waals surface area (Å²) < 4.78 is 16.3. The van der Waals surface area contributed by atoms with E-state index in [9.17, 15) is 4.39 Å². The molecular formula is C21H33FIN7. The average molecular weight is 529 g/mol. The second-order valence-corrected chi connectivity index (χ2v) is 7.55. The predicted molar refractivity (Wildman–Crippen MR) is 130 cm³/mol. The Hall–Kier alpha value is -1.91. The van der Waals surface area contributed by atoms with Gasteiger partial charge >= 0.3 is 0 Å². The highest BCUT2D eigenvalue weighted by Gasteiger charge is 2.22. The second kappa shape index (κ2) is 12.7. The van der Waals surface area contributed by atoms with Crippen molar-refractivity contribution in [3.05, 3.63) is 42.2 Å². The molecule has 2 aromatic rings. The molecule has 2 heterocycles. The van der Waals surface area contributed by atoms with Gasteiger partial charge in [0.05, 0.1) is 5.69 Å². The van der Waals surface area contributed by atoms with Gasteiger partial charge < -0.3 is 20.1 Å². The third kappa shape index (κ3) is 7.41. The summed E-state index contributed by atoms with van der Waals surface area (Å²) >= 11 is 0. The Morgan fingerprint density at radius 2 is 2.07 bits per heavy atom. The molecule has 1 unspecified atom stereocenters. The van der Waals surface area contributed by atoms with Gasteiger partial charge in [-0.3, -0.25) is 4.99 Å². The van der Waals surface area contributed by atoms with Gasteiger partial charge in [0.25, 0.3) is 0 Å². The van der Waals surface area contributed by atoms with Crippen molar-refractivity contribution >= 4 is 35.6 Å². The predicted octanol–water partition coefficient (Wildman–Crippen LogP) is 3.35. The van der Waals surface area contributed by atoms with Crippen LogP contribution < -0.4 is 15.5 Å². The van der Waals surface area contributed by atoms with Crippen molar-refractivity contribution in [2.24, 2.45) is 4.99 Å². The van der Waals surface area contributed by atoms with Crippen molar-refractivity contribution in [1.82, 2.24) is 25.4 Å². The number of halogens is 2. The maximum absolute atomic E-state index is 14.3. The molecule has 2 N–H and O–H groups in total. The summed E-state index contributed by atoms with van der Waals surface area (Å²) in [6.07, 6.45) is 7.60. The highest BCUT2D eigenvalue weighted by molar-refractivity contribution is 14.0. The Labute approximate surface area is 195 Å². The van der Waals surface area contributed by atoms with Crippen LogP contribution in [0, 0.1) is 12.7 Å². The molecule has 0 spiro atoms. The number of benzene rings is 1. The number of unbranched alkanes of at least 4 members (excludes halogenated alkanes) is 1. The summed E-state index contributed by atoms with van der Waals surface area (Å²) in [4.78, 5) is 6.86. The van der Waals surface area contributed by atoms with Crippen molar-refractivity contribution in [2.45, 2.75) is 52.1 Å². The molecule has 3 rings (SSSR count). The molecule has 0 amide bonds. The number of hydrogen-bond donors (Lipinski definition) is 2. The number of nitrogens with zero attached hydrogens (tertiary/aromatic N) is 5. The van der Waals surface area contributed by atoms with E-state index < -0.39 is 0 Å². The monoisotopic (exact) mass is 529 g/mol. The Morgan fingerprint density at radius 3 is 2.83 bits per heavy atom. The summed E-state index contributed by atoms with van der Waals surface area (Å²) in [5.74, 6) is 0.693. The molecule has 0 saturated carbocycles. The van der Waals surface area contributed by atoms with Gasteiger partial charge in [-0.05, 0) is 57.2 Å². The fraction of sp³-hybridized carbons (Fsp3) is 0.571. The van der Waals surface area contributed by atoms with Gasteiger partial charge in [0.1, 0.15) is 18.5 Å². The quantitative estimate of drug-likeness (QED) is 0.238. The van der Waals surface area contributed by atoms with Crippen LogP contribution in [-0.2, 0) is 6.54 Å². The Balaban J connectivity index is 0.00000320. The van der Waals surface area contributed by atoms with Crippen molar-refractivity contribution in [3.8, 4) is 0 Å². The molecule has 1 fully saturated rings. The Kier molecular flexibility index (Phi) is 10.3. The maximum Gasteiger partial charge on any atom is 0.191 e. The molecule has 30 heavy (non-hydrogen) atoms. The minimum Gasteiger partial charge on any atom is -0.367 e. The second-order valence-electron chi connectivity index (χ2n) is 7.55. The Morgan fingerprint density at radius 1 is 1.27 bits per heavy atom. The van der Waals surface area contributed by atoms with Gasteiger partial charge in [-0.15, -0.1) is 34.2 Å². The minimum absolute atomic E-state index is 0. The van der Waals surface area contributed by atoms with Crippen LogP contribution in [0.4, 0.5) is 10.1 Å². The smallest absolute Gasteiger partial charge is 0.191 e. The lowest BCUT2D eigenvalue weighted by Gasteiger charge is -2.35. The molecule has 166 valence electrons. The van der Waals surface area contributed by atoms with Crippen LogP contribution in [0.25, 0.3) is 0 Å². The summed E-state index contributed by atoms with van der Waals surface area (Å²) in [6, 6.07) is 5.57. The normalized spacial score (nSPS) is 16.8. The standard InChI is InChI=1S/C21H32FN7.HI/c1-3-23-21(24-10-4-5-11-28-15-25-26-16-28)27-18-7-6-12-29(14-18)20-13-17(2)8-9-19(20)22;/h8-9,13,15-16,18H,3-7,10-12,14H2,1-2H3,(H2,23,24,27);1H.